The highest BCUT2D eigenvalue weighted by Crippen LogP contribution is 2.26. The summed E-state index contributed by atoms with van der Waals surface area (Å²) in [5, 5.41) is 5.87. The highest BCUT2D eigenvalue weighted by atomic mass is 16.5. The number of primary amides is 1. The van der Waals surface area contributed by atoms with Gasteiger partial charge in [0.05, 0.1) is 5.69 Å². The number of para-hydroxylation sites is 1. The Bertz CT molecular complexity index is 637. The number of rotatable bonds is 4. The third-order valence-corrected chi connectivity index (χ3v) is 4.82. The van der Waals surface area contributed by atoms with Gasteiger partial charge in [-0.3, -0.25) is 9.80 Å². The summed E-state index contributed by atoms with van der Waals surface area (Å²) in [5.74, 6) is -0.920. The van der Waals surface area contributed by atoms with E-state index in [0.29, 0.717) is 0 Å². The fraction of sp³-hybridized carbons (Fsp3) is 0.526. The fourth-order valence-electron chi connectivity index (χ4n) is 3.43. The number of nitrogens with zero attached hydrogens (tertiary/aromatic N) is 2. The largest absolute Gasteiger partial charge is 0.458 e. The molecule has 134 valence electrons. The van der Waals surface area contributed by atoms with Crippen LogP contribution in [0, 0.1) is 0 Å². The van der Waals surface area contributed by atoms with Crippen molar-refractivity contribution in [3.63, 3.8) is 0 Å². The van der Waals surface area contributed by atoms with Gasteiger partial charge in [0, 0.05) is 6.42 Å². The van der Waals surface area contributed by atoms with Crippen LogP contribution in [0.5, 0.6) is 0 Å². The SMILES string of the molecule is NC(=O)C1CC(C(=O)OC2CCCCCCC2)=NN1c1ccccc1. The van der Waals surface area contributed by atoms with Gasteiger partial charge in [-0.25, -0.2) is 4.79 Å². The smallest absolute Gasteiger partial charge is 0.354 e. The molecule has 3 rings (SSSR count). The van der Waals surface area contributed by atoms with E-state index in [0.717, 1.165) is 31.4 Å². The first-order valence-electron chi connectivity index (χ1n) is 9.07. The van der Waals surface area contributed by atoms with Crippen molar-refractivity contribution in [1.29, 1.82) is 0 Å². The maximum absolute atomic E-state index is 12.5. The number of anilines is 1. The Hall–Kier alpha value is -2.37. The number of esters is 1. The van der Waals surface area contributed by atoms with Crippen molar-refractivity contribution in [2.24, 2.45) is 10.8 Å². The van der Waals surface area contributed by atoms with Gasteiger partial charge in [0.2, 0.25) is 5.91 Å². The average molecular weight is 343 g/mol. The predicted octanol–water partition coefficient (Wildman–Crippen LogP) is 2.76. The van der Waals surface area contributed by atoms with Gasteiger partial charge in [-0.1, -0.05) is 37.5 Å². The molecule has 0 saturated heterocycles. The van der Waals surface area contributed by atoms with E-state index in [-0.39, 0.29) is 18.2 Å². The molecule has 6 heteroatoms. The zero-order valence-corrected chi connectivity index (χ0v) is 14.4. The molecule has 2 aliphatic rings. The second-order valence-electron chi connectivity index (χ2n) is 6.72. The number of hydrogen-bond donors (Lipinski definition) is 1. The molecule has 0 aromatic heterocycles. The van der Waals surface area contributed by atoms with Crippen LogP contribution in [0.15, 0.2) is 35.4 Å². The first kappa shape index (κ1) is 17.5. The Morgan fingerprint density at radius 2 is 1.68 bits per heavy atom. The molecule has 1 heterocycles. The third kappa shape index (κ3) is 4.38. The fourth-order valence-corrected chi connectivity index (χ4v) is 3.43. The lowest BCUT2D eigenvalue weighted by atomic mass is 9.98. The van der Waals surface area contributed by atoms with E-state index >= 15 is 0 Å². The summed E-state index contributed by atoms with van der Waals surface area (Å²) in [6.45, 7) is 0. The van der Waals surface area contributed by atoms with Crippen LogP contribution in [0.2, 0.25) is 0 Å². The van der Waals surface area contributed by atoms with Gasteiger partial charge in [0.15, 0.2) is 0 Å². The first-order chi connectivity index (χ1) is 12.1. The molecular weight excluding hydrogens is 318 g/mol. The highest BCUT2D eigenvalue weighted by Gasteiger charge is 2.36. The van der Waals surface area contributed by atoms with Crippen LogP contribution >= 0.6 is 0 Å². The minimum Gasteiger partial charge on any atom is -0.458 e. The molecule has 1 unspecified atom stereocenters. The van der Waals surface area contributed by atoms with Crippen molar-refractivity contribution in [1.82, 2.24) is 0 Å². The van der Waals surface area contributed by atoms with E-state index in [9.17, 15) is 9.59 Å². The normalized spacial score (nSPS) is 22.0. The zero-order valence-electron chi connectivity index (χ0n) is 14.4. The lowest BCUT2D eigenvalue weighted by Gasteiger charge is -2.20. The summed E-state index contributed by atoms with van der Waals surface area (Å²) < 4.78 is 5.67. The number of amides is 1. The van der Waals surface area contributed by atoms with E-state index in [1.807, 2.05) is 30.3 Å². The van der Waals surface area contributed by atoms with Crippen molar-refractivity contribution in [2.75, 3.05) is 5.01 Å². The summed E-state index contributed by atoms with van der Waals surface area (Å²) in [5.41, 5.74) is 6.51. The summed E-state index contributed by atoms with van der Waals surface area (Å²) in [6, 6.07) is 8.61. The molecule has 1 aliphatic heterocycles. The minimum atomic E-state index is -0.651. The molecule has 1 fully saturated rings. The monoisotopic (exact) mass is 343 g/mol. The van der Waals surface area contributed by atoms with Crippen LogP contribution in [0.1, 0.15) is 51.4 Å². The Balaban J connectivity index is 1.70. The standard InChI is InChI=1S/C19H25N3O3/c20-18(23)17-13-16(21-22(17)14-9-5-4-6-10-14)19(24)25-15-11-7-2-1-3-8-12-15/h4-6,9-10,15,17H,1-3,7-8,11-13H2,(H2,20,23). The second kappa shape index (κ2) is 8.14. The van der Waals surface area contributed by atoms with Crippen molar-refractivity contribution in [3.05, 3.63) is 30.3 Å². The summed E-state index contributed by atoms with van der Waals surface area (Å²) in [7, 11) is 0. The van der Waals surface area contributed by atoms with E-state index in [2.05, 4.69) is 5.10 Å². The van der Waals surface area contributed by atoms with Crippen LogP contribution in [0.3, 0.4) is 0 Å². The number of benzene rings is 1. The van der Waals surface area contributed by atoms with Gasteiger partial charge < -0.3 is 10.5 Å². The molecule has 1 saturated carbocycles. The highest BCUT2D eigenvalue weighted by molar-refractivity contribution is 6.38. The Labute approximate surface area is 148 Å². The first-order valence-corrected chi connectivity index (χ1v) is 9.07. The molecule has 1 amide bonds. The molecule has 0 radical (unpaired) electrons. The van der Waals surface area contributed by atoms with Crippen molar-refractivity contribution in [3.8, 4) is 0 Å². The topological polar surface area (TPSA) is 85.0 Å². The van der Waals surface area contributed by atoms with Gasteiger partial charge in [0.1, 0.15) is 17.9 Å². The third-order valence-electron chi connectivity index (χ3n) is 4.82. The van der Waals surface area contributed by atoms with Crippen molar-refractivity contribution >= 4 is 23.3 Å². The molecule has 1 aliphatic carbocycles. The number of carbonyl (C=O) groups excluding carboxylic acids is 2. The van der Waals surface area contributed by atoms with Crippen LogP contribution in [0.25, 0.3) is 0 Å². The molecule has 1 aromatic rings. The molecule has 1 aromatic carbocycles. The number of ether oxygens (including phenoxy) is 1. The lowest BCUT2D eigenvalue weighted by Crippen LogP contribution is -2.39. The molecule has 1 atom stereocenters. The summed E-state index contributed by atoms with van der Waals surface area (Å²) >= 11 is 0. The maximum Gasteiger partial charge on any atom is 0.354 e. The van der Waals surface area contributed by atoms with Gasteiger partial charge >= 0.3 is 5.97 Å². The summed E-state index contributed by atoms with van der Waals surface area (Å²) in [4.78, 5) is 24.3. The minimum absolute atomic E-state index is 0.0479. The molecule has 0 bridgehead atoms. The van der Waals surface area contributed by atoms with E-state index in [1.54, 1.807) is 0 Å². The van der Waals surface area contributed by atoms with Crippen molar-refractivity contribution in [2.45, 2.75) is 63.5 Å². The van der Waals surface area contributed by atoms with Crippen LogP contribution in [0.4, 0.5) is 5.69 Å². The molecule has 2 N–H and O–H groups in total. The van der Waals surface area contributed by atoms with Crippen LogP contribution < -0.4 is 10.7 Å². The Morgan fingerprint density at radius 1 is 1.04 bits per heavy atom. The molecule has 0 spiro atoms. The predicted molar refractivity (Wildman–Crippen MR) is 96.2 cm³/mol. The number of hydrogen-bond acceptors (Lipinski definition) is 5. The summed E-state index contributed by atoms with van der Waals surface area (Å²) in [6.07, 6.45) is 7.78. The number of hydrazone groups is 1. The molecule has 6 nitrogen and oxygen atoms in total. The van der Waals surface area contributed by atoms with Gasteiger partial charge in [-0.2, -0.15) is 5.10 Å². The van der Waals surface area contributed by atoms with Crippen molar-refractivity contribution < 1.29 is 14.3 Å². The molecule has 25 heavy (non-hydrogen) atoms. The van der Waals surface area contributed by atoms with Gasteiger partial charge in [0.25, 0.3) is 0 Å². The second-order valence-corrected chi connectivity index (χ2v) is 6.72. The maximum atomic E-state index is 12.5. The lowest BCUT2D eigenvalue weighted by molar-refractivity contribution is -0.141. The quantitative estimate of drug-likeness (QED) is 0.852. The van der Waals surface area contributed by atoms with E-state index in [4.69, 9.17) is 10.5 Å². The van der Waals surface area contributed by atoms with Gasteiger partial charge in [-0.05, 0) is 37.8 Å². The van der Waals surface area contributed by atoms with E-state index < -0.39 is 17.9 Å². The van der Waals surface area contributed by atoms with Gasteiger partial charge in [-0.15, -0.1) is 0 Å². The van der Waals surface area contributed by atoms with E-state index in [1.165, 1.54) is 24.3 Å². The molecular formula is C19H25N3O3. The van der Waals surface area contributed by atoms with Crippen LogP contribution in [-0.2, 0) is 14.3 Å². The average Bonchev–Trinajstić information content (AvgIpc) is 3.04. The Morgan fingerprint density at radius 3 is 2.32 bits per heavy atom. The van der Waals surface area contributed by atoms with Crippen LogP contribution in [-0.4, -0.2) is 29.7 Å². The zero-order chi connectivity index (χ0) is 17.6. The Kier molecular flexibility index (Phi) is 5.68. The number of carbonyl (C=O) groups is 2. The number of nitrogens with two attached hydrogens (primary N) is 1.